The summed E-state index contributed by atoms with van der Waals surface area (Å²) >= 11 is 0. The Hall–Kier alpha value is -1.04. The van der Waals surface area contributed by atoms with Crippen molar-refractivity contribution in [2.24, 2.45) is 0 Å². The molecule has 1 fully saturated rings. The number of hydrogen-bond donors (Lipinski definition) is 0. The summed E-state index contributed by atoms with van der Waals surface area (Å²) in [6.07, 6.45) is -0.682. The van der Waals surface area contributed by atoms with E-state index < -0.39 is 11.9 Å². The molecule has 0 saturated carbocycles. The average molecular weight is 264 g/mol. The second-order valence-electron chi connectivity index (χ2n) is 3.96. The molecule has 1 aromatic rings. The third-order valence-corrected chi connectivity index (χ3v) is 2.63. The first-order valence-corrected chi connectivity index (χ1v) is 6.23. The van der Waals surface area contributed by atoms with E-state index in [2.05, 4.69) is 5.10 Å². The van der Waals surface area contributed by atoms with Gasteiger partial charge in [0.1, 0.15) is 6.23 Å². The van der Waals surface area contributed by atoms with Crippen molar-refractivity contribution in [3.63, 3.8) is 0 Å². The minimum absolute atomic E-state index is 0.140. The van der Waals surface area contributed by atoms with Crippen molar-refractivity contribution in [1.29, 1.82) is 0 Å². The van der Waals surface area contributed by atoms with Gasteiger partial charge in [-0.3, -0.25) is 0 Å². The summed E-state index contributed by atoms with van der Waals surface area (Å²) in [5.74, 6) is 0. The van der Waals surface area contributed by atoms with Crippen LogP contribution in [0.5, 0.6) is 0 Å². The number of hydrogen-bond acceptors (Lipinski definition) is 2. The quantitative estimate of drug-likeness (QED) is 0.768. The third-order valence-electron chi connectivity index (χ3n) is 2.63. The van der Waals surface area contributed by atoms with Gasteiger partial charge < -0.3 is 4.74 Å². The monoisotopic (exact) mass is 264 g/mol. The van der Waals surface area contributed by atoms with Crippen molar-refractivity contribution >= 4 is 0 Å². The zero-order chi connectivity index (χ0) is 13.8. The molecule has 3 nitrogen and oxygen atoms in total. The predicted octanol–water partition coefficient (Wildman–Crippen LogP) is 3.94. The lowest BCUT2D eigenvalue weighted by atomic mass is 10.2. The summed E-state index contributed by atoms with van der Waals surface area (Å²) in [6.45, 7) is 6.00. The number of ether oxygens (including phenoxy) is 1. The number of alkyl halides is 3. The molecule has 0 spiro atoms. The normalized spacial score (nSPS) is 20.2. The topological polar surface area (TPSA) is 27.1 Å². The highest BCUT2D eigenvalue weighted by molar-refractivity contribution is 5.18. The predicted molar refractivity (Wildman–Crippen MR) is 62.2 cm³/mol. The van der Waals surface area contributed by atoms with E-state index in [0.717, 1.165) is 19.3 Å². The highest BCUT2D eigenvalue weighted by atomic mass is 19.4. The van der Waals surface area contributed by atoms with Crippen molar-refractivity contribution in [2.75, 3.05) is 6.61 Å². The van der Waals surface area contributed by atoms with Crippen LogP contribution in [0.2, 0.25) is 0 Å². The van der Waals surface area contributed by atoms with E-state index >= 15 is 0 Å². The van der Waals surface area contributed by atoms with Crippen LogP contribution >= 0.6 is 0 Å². The lowest BCUT2D eigenvalue weighted by molar-refractivity contribution is -0.142. The molecular formula is C12H19F3N2O. The molecule has 2 rings (SSSR count). The van der Waals surface area contributed by atoms with Crippen LogP contribution in [-0.4, -0.2) is 16.4 Å². The number of nitrogens with zero attached hydrogens (tertiary/aromatic N) is 2. The molecule has 1 atom stereocenters. The molecule has 1 aliphatic rings. The van der Waals surface area contributed by atoms with Gasteiger partial charge >= 0.3 is 6.18 Å². The molecule has 0 amide bonds. The summed E-state index contributed by atoms with van der Waals surface area (Å²) in [7, 11) is 0. The summed E-state index contributed by atoms with van der Waals surface area (Å²) in [5.41, 5.74) is -0.677. The maximum atomic E-state index is 12.5. The van der Waals surface area contributed by atoms with Crippen LogP contribution < -0.4 is 0 Å². The Morgan fingerprint density at radius 1 is 1.33 bits per heavy atom. The van der Waals surface area contributed by atoms with Crippen molar-refractivity contribution < 1.29 is 17.9 Å². The van der Waals surface area contributed by atoms with Crippen LogP contribution in [0.15, 0.2) is 6.20 Å². The Balaban J connectivity index is 0.000000771. The van der Waals surface area contributed by atoms with E-state index in [-0.39, 0.29) is 11.8 Å². The average Bonchev–Trinajstić information content (AvgIpc) is 2.75. The molecule has 6 heteroatoms. The molecule has 1 aliphatic heterocycles. The fourth-order valence-corrected chi connectivity index (χ4v) is 1.84. The standard InChI is InChI=1S/C10H13F3N2O.C2H6/c1-7-6-15(8-4-2-3-5-16-8)14-9(7)10(11,12)13;1-2/h6,8H,2-5H2,1H3;1-2H3. The Labute approximate surface area is 105 Å². The summed E-state index contributed by atoms with van der Waals surface area (Å²) in [4.78, 5) is 0. The largest absolute Gasteiger partial charge is 0.435 e. The Morgan fingerprint density at radius 2 is 2.00 bits per heavy atom. The van der Waals surface area contributed by atoms with Gasteiger partial charge in [0.2, 0.25) is 0 Å². The van der Waals surface area contributed by atoms with Gasteiger partial charge in [-0.2, -0.15) is 18.3 Å². The van der Waals surface area contributed by atoms with Crippen LogP contribution in [-0.2, 0) is 10.9 Å². The molecule has 0 bridgehead atoms. The molecule has 0 N–H and O–H groups in total. The summed E-state index contributed by atoms with van der Waals surface area (Å²) in [6, 6.07) is 0. The fraction of sp³-hybridized carbons (Fsp3) is 0.750. The number of aromatic nitrogens is 2. The van der Waals surface area contributed by atoms with Crippen molar-refractivity contribution in [3.05, 3.63) is 17.5 Å². The molecule has 104 valence electrons. The molecular weight excluding hydrogens is 245 g/mol. The fourth-order valence-electron chi connectivity index (χ4n) is 1.84. The zero-order valence-electron chi connectivity index (χ0n) is 10.9. The molecule has 0 aromatic carbocycles. The first-order valence-electron chi connectivity index (χ1n) is 6.23. The van der Waals surface area contributed by atoms with Gasteiger partial charge in [-0.25, -0.2) is 4.68 Å². The minimum Gasteiger partial charge on any atom is -0.357 e. The van der Waals surface area contributed by atoms with Crippen molar-refractivity contribution in [2.45, 2.75) is 52.4 Å². The van der Waals surface area contributed by atoms with E-state index in [1.807, 2.05) is 13.8 Å². The molecule has 1 aromatic heterocycles. The Morgan fingerprint density at radius 3 is 2.44 bits per heavy atom. The van der Waals surface area contributed by atoms with E-state index in [4.69, 9.17) is 4.74 Å². The van der Waals surface area contributed by atoms with E-state index in [1.54, 1.807) is 0 Å². The van der Waals surface area contributed by atoms with E-state index in [0.29, 0.717) is 6.61 Å². The zero-order valence-corrected chi connectivity index (χ0v) is 10.9. The van der Waals surface area contributed by atoms with Crippen molar-refractivity contribution in [3.8, 4) is 0 Å². The molecule has 0 aliphatic carbocycles. The van der Waals surface area contributed by atoms with Crippen LogP contribution in [0.3, 0.4) is 0 Å². The lowest BCUT2D eigenvalue weighted by Gasteiger charge is -2.22. The highest BCUT2D eigenvalue weighted by Gasteiger charge is 2.36. The Kier molecular flexibility index (Phi) is 5.19. The summed E-state index contributed by atoms with van der Waals surface area (Å²) in [5, 5.41) is 3.57. The van der Waals surface area contributed by atoms with Gasteiger partial charge in [0, 0.05) is 12.8 Å². The number of halogens is 3. The van der Waals surface area contributed by atoms with Crippen LogP contribution in [0, 0.1) is 6.92 Å². The molecule has 1 saturated heterocycles. The van der Waals surface area contributed by atoms with Gasteiger partial charge in [0.15, 0.2) is 5.69 Å². The molecule has 2 heterocycles. The minimum atomic E-state index is -4.38. The third kappa shape index (κ3) is 3.48. The molecule has 18 heavy (non-hydrogen) atoms. The van der Waals surface area contributed by atoms with Gasteiger partial charge in [-0.15, -0.1) is 0 Å². The van der Waals surface area contributed by atoms with Gasteiger partial charge in [-0.1, -0.05) is 13.8 Å². The maximum Gasteiger partial charge on any atom is 0.435 e. The first kappa shape index (κ1) is 15.0. The second-order valence-corrected chi connectivity index (χ2v) is 3.96. The van der Waals surface area contributed by atoms with E-state index in [9.17, 15) is 13.2 Å². The lowest BCUT2D eigenvalue weighted by Crippen LogP contribution is -2.19. The maximum absolute atomic E-state index is 12.5. The first-order chi connectivity index (χ1) is 8.48. The van der Waals surface area contributed by atoms with Gasteiger partial charge in [-0.05, 0) is 31.7 Å². The molecule has 0 radical (unpaired) electrons. The van der Waals surface area contributed by atoms with Crippen LogP contribution in [0.25, 0.3) is 0 Å². The SMILES string of the molecule is CC.Cc1cn(C2CCCCO2)nc1C(F)(F)F. The van der Waals surface area contributed by atoms with Crippen LogP contribution in [0.4, 0.5) is 13.2 Å². The van der Waals surface area contributed by atoms with Gasteiger partial charge in [0.05, 0.1) is 0 Å². The smallest absolute Gasteiger partial charge is 0.357 e. The molecule has 1 unspecified atom stereocenters. The number of aryl methyl sites for hydroxylation is 1. The number of rotatable bonds is 1. The van der Waals surface area contributed by atoms with Gasteiger partial charge in [0.25, 0.3) is 0 Å². The highest BCUT2D eigenvalue weighted by Crippen LogP contribution is 2.32. The summed E-state index contributed by atoms with van der Waals surface area (Å²) < 4.78 is 44.2. The Bertz CT molecular complexity index is 368. The van der Waals surface area contributed by atoms with Crippen LogP contribution in [0.1, 0.15) is 50.6 Å². The van der Waals surface area contributed by atoms with E-state index in [1.165, 1.54) is 17.8 Å². The van der Waals surface area contributed by atoms with Crippen molar-refractivity contribution in [1.82, 2.24) is 9.78 Å². The second kappa shape index (κ2) is 6.22.